The van der Waals surface area contributed by atoms with Gasteiger partial charge in [-0.2, -0.15) is 5.26 Å². The largest absolute Gasteiger partial charge is 0.401 e. The third-order valence-corrected chi connectivity index (χ3v) is 5.96. The highest BCUT2D eigenvalue weighted by Crippen LogP contribution is 2.23. The monoisotopic (exact) mass is 408 g/mol. The Morgan fingerprint density at radius 2 is 2.14 bits per heavy atom. The van der Waals surface area contributed by atoms with E-state index in [0.717, 1.165) is 19.3 Å². The van der Waals surface area contributed by atoms with Crippen molar-refractivity contribution in [2.45, 2.75) is 50.7 Å². The molecule has 0 atom stereocenters. The lowest BCUT2D eigenvalue weighted by Gasteiger charge is -2.16. The van der Waals surface area contributed by atoms with Gasteiger partial charge in [-0.3, -0.25) is 14.2 Å². The summed E-state index contributed by atoms with van der Waals surface area (Å²) in [5.74, 6) is -0.355. The van der Waals surface area contributed by atoms with Gasteiger partial charge in [0.1, 0.15) is 11.6 Å². The highest BCUT2D eigenvalue weighted by Gasteiger charge is 2.17. The molecule has 2 N–H and O–H groups in total. The molecule has 2 aromatic rings. The summed E-state index contributed by atoms with van der Waals surface area (Å²) in [6.45, 7) is 2.05. The Bertz CT molecular complexity index is 1090. The van der Waals surface area contributed by atoms with Crippen LogP contribution in [-0.2, 0) is 11.3 Å². The molecule has 1 aliphatic carbocycles. The van der Waals surface area contributed by atoms with Gasteiger partial charge in [0.2, 0.25) is 0 Å². The molecule has 0 aliphatic heterocycles. The van der Waals surface area contributed by atoms with Crippen molar-refractivity contribution in [1.82, 2.24) is 9.55 Å². The second kappa shape index (κ2) is 9.57. The Kier molecular flexibility index (Phi) is 6.89. The molecule has 0 fully saturated rings. The first-order valence-electron chi connectivity index (χ1n) is 9.71. The van der Waals surface area contributed by atoms with Gasteiger partial charge in [-0.1, -0.05) is 35.5 Å². The fourth-order valence-electron chi connectivity index (χ4n) is 3.41. The molecule has 1 aliphatic rings. The molecule has 0 amide bonds. The number of nitriles is 1. The Morgan fingerprint density at radius 3 is 2.83 bits per heavy atom. The zero-order valence-corrected chi connectivity index (χ0v) is 17.3. The number of nitrogens with two attached hydrogens (primary N) is 1. The molecule has 1 heterocycles. The van der Waals surface area contributed by atoms with Crippen LogP contribution >= 0.6 is 11.8 Å². The molecule has 0 unspecified atom stereocenters. The molecule has 7 heteroatoms. The van der Waals surface area contributed by atoms with Crippen LogP contribution in [0.4, 0.5) is 0 Å². The number of rotatable bonds is 7. The molecule has 29 heavy (non-hydrogen) atoms. The van der Waals surface area contributed by atoms with E-state index < -0.39 is 0 Å². The van der Waals surface area contributed by atoms with E-state index in [9.17, 15) is 9.59 Å². The number of allylic oxidation sites excluding steroid dienone is 4. The van der Waals surface area contributed by atoms with Crippen molar-refractivity contribution in [1.29, 1.82) is 5.26 Å². The average Bonchev–Trinajstić information content (AvgIpc) is 2.72. The molecule has 3 rings (SSSR count). The molecular formula is C22H24N4O2S. The van der Waals surface area contributed by atoms with Crippen LogP contribution in [0.1, 0.15) is 39.0 Å². The number of aromatic nitrogens is 2. The number of benzene rings is 1. The van der Waals surface area contributed by atoms with Gasteiger partial charge in [-0.15, -0.1) is 0 Å². The third kappa shape index (κ3) is 4.96. The van der Waals surface area contributed by atoms with Crippen molar-refractivity contribution >= 4 is 28.4 Å². The minimum absolute atomic E-state index is 0.00487. The second-order valence-electron chi connectivity index (χ2n) is 7.11. The average molecular weight is 409 g/mol. The van der Waals surface area contributed by atoms with E-state index in [0.29, 0.717) is 22.6 Å². The zero-order chi connectivity index (χ0) is 20.8. The normalized spacial score (nSPS) is 14.8. The first-order valence-corrected chi connectivity index (χ1v) is 10.7. The van der Waals surface area contributed by atoms with Gasteiger partial charge < -0.3 is 5.73 Å². The van der Waals surface area contributed by atoms with Crippen LogP contribution in [0.5, 0.6) is 0 Å². The maximum Gasteiger partial charge on any atom is 0.262 e. The molecule has 0 bridgehead atoms. The number of carbonyl (C=O) groups is 1. The van der Waals surface area contributed by atoms with Crippen LogP contribution in [-0.4, -0.2) is 21.1 Å². The van der Waals surface area contributed by atoms with E-state index in [-0.39, 0.29) is 28.4 Å². The Hall–Kier alpha value is -2.85. The maximum absolute atomic E-state index is 13.1. The number of fused-ring (bicyclic) bond motifs is 1. The molecule has 150 valence electrons. The third-order valence-electron chi connectivity index (χ3n) is 4.99. The van der Waals surface area contributed by atoms with Crippen molar-refractivity contribution in [3.63, 3.8) is 0 Å². The van der Waals surface area contributed by atoms with E-state index in [4.69, 9.17) is 11.0 Å². The Balaban J connectivity index is 1.90. The fraction of sp³-hybridized carbons (Fsp3) is 0.364. The van der Waals surface area contributed by atoms with Crippen LogP contribution < -0.4 is 11.3 Å². The number of hydrogen-bond donors (Lipinski definition) is 1. The van der Waals surface area contributed by atoms with Crippen molar-refractivity contribution < 1.29 is 4.79 Å². The fourth-order valence-corrected chi connectivity index (χ4v) is 4.31. The lowest BCUT2D eigenvalue weighted by molar-refractivity contribution is -0.112. The summed E-state index contributed by atoms with van der Waals surface area (Å²) in [5, 5.41) is 10.2. The van der Waals surface area contributed by atoms with Crippen LogP contribution in [0.2, 0.25) is 0 Å². The molecule has 1 aromatic heterocycles. The van der Waals surface area contributed by atoms with E-state index in [1.54, 1.807) is 16.7 Å². The minimum atomic E-state index is -0.360. The summed E-state index contributed by atoms with van der Waals surface area (Å²) in [6.07, 6.45) is 7.65. The Labute approximate surface area is 174 Å². The number of thioether (sulfide) groups is 1. The van der Waals surface area contributed by atoms with Crippen LogP contribution in [0.25, 0.3) is 10.9 Å². The summed E-state index contributed by atoms with van der Waals surface area (Å²) >= 11 is 1.17. The molecule has 0 saturated carbocycles. The number of hydrogen-bond acceptors (Lipinski definition) is 6. The van der Waals surface area contributed by atoms with Gasteiger partial charge >= 0.3 is 0 Å². The van der Waals surface area contributed by atoms with Gasteiger partial charge in [-0.05, 0) is 51.2 Å². The summed E-state index contributed by atoms with van der Waals surface area (Å²) in [7, 11) is 0. The number of para-hydroxylation sites is 1. The van der Waals surface area contributed by atoms with Gasteiger partial charge in [0, 0.05) is 12.2 Å². The SMILES string of the molecule is C/C(N)=C(/C#N)C(=O)CSc1nc2ccccc2c(=O)n1CCC1=CCCCC1. The van der Waals surface area contributed by atoms with Gasteiger partial charge in [-0.25, -0.2) is 4.98 Å². The number of nitrogens with zero attached hydrogens (tertiary/aromatic N) is 3. The summed E-state index contributed by atoms with van der Waals surface area (Å²) in [4.78, 5) is 30.1. The lowest BCUT2D eigenvalue weighted by atomic mass is 9.97. The Morgan fingerprint density at radius 1 is 1.34 bits per heavy atom. The van der Waals surface area contributed by atoms with Gasteiger partial charge in [0.25, 0.3) is 5.56 Å². The predicted octanol–water partition coefficient (Wildman–Crippen LogP) is 3.70. The van der Waals surface area contributed by atoms with Crippen LogP contribution in [0.3, 0.4) is 0 Å². The topological polar surface area (TPSA) is 102 Å². The van der Waals surface area contributed by atoms with E-state index in [1.165, 1.54) is 37.1 Å². The standard InChI is InChI=1S/C22H24N4O2S/c1-15(24)18(13-23)20(27)14-29-22-25-19-10-6-5-9-17(19)21(28)26(22)12-11-16-7-3-2-4-8-16/h5-7,9-10H,2-4,8,11-12,14,24H2,1H3/b18-15+. The van der Waals surface area contributed by atoms with Gasteiger partial charge in [0.15, 0.2) is 10.9 Å². The van der Waals surface area contributed by atoms with Gasteiger partial charge in [0.05, 0.1) is 16.7 Å². The highest BCUT2D eigenvalue weighted by atomic mass is 32.2. The van der Waals surface area contributed by atoms with E-state index in [1.807, 2.05) is 18.2 Å². The van der Waals surface area contributed by atoms with Crippen molar-refractivity contribution in [2.75, 3.05) is 5.75 Å². The van der Waals surface area contributed by atoms with Crippen molar-refractivity contribution in [3.8, 4) is 6.07 Å². The van der Waals surface area contributed by atoms with Crippen molar-refractivity contribution in [2.24, 2.45) is 5.73 Å². The van der Waals surface area contributed by atoms with Crippen molar-refractivity contribution in [3.05, 3.63) is 57.5 Å². The highest BCUT2D eigenvalue weighted by molar-refractivity contribution is 7.99. The van der Waals surface area contributed by atoms with E-state index in [2.05, 4.69) is 11.1 Å². The summed E-state index contributed by atoms with van der Waals surface area (Å²) < 4.78 is 1.65. The molecule has 0 radical (unpaired) electrons. The summed E-state index contributed by atoms with van der Waals surface area (Å²) in [6, 6.07) is 9.08. The molecule has 1 aromatic carbocycles. The molecule has 6 nitrogen and oxygen atoms in total. The lowest BCUT2D eigenvalue weighted by Crippen LogP contribution is -2.24. The van der Waals surface area contributed by atoms with Crippen LogP contribution in [0.15, 0.2) is 57.1 Å². The van der Waals surface area contributed by atoms with E-state index >= 15 is 0 Å². The predicted molar refractivity (Wildman–Crippen MR) is 115 cm³/mol. The molecular weight excluding hydrogens is 384 g/mol. The number of Topliss-reactive ketones (excluding diaryl/α,β-unsaturated/α-hetero) is 1. The molecule has 0 saturated heterocycles. The zero-order valence-electron chi connectivity index (χ0n) is 16.5. The molecule has 0 spiro atoms. The van der Waals surface area contributed by atoms with Crippen LogP contribution in [0, 0.1) is 11.3 Å². The second-order valence-corrected chi connectivity index (χ2v) is 8.05. The quantitative estimate of drug-likeness (QED) is 0.246. The maximum atomic E-state index is 13.1. The first kappa shape index (κ1) is 20.9. The number of carbonyl (C=O) groups excluding carboxylic acids is 1. The summed E-state index contributed by atoms with van der Waals surface area (Å²) in [5.41, 5.74) is 7.66. The smallest absolute Gasteiger partial charge is 0.262 e. The first-order chi connectivity index (χ1) is 14.0. The minimum Gasteiger partial charge on any atom is -0.401 e. The number of ketones is 1.